The normalized spacial score (nSPS) is 6.94. The van der Waals surface area contributed by atoms with Gasteiger partial charge in [0.15, 0.2) is 0 Å². The molecule has 0 unspecified atom stereocenters. The summed E-state index contributed by atoms with van der Waals surface area (Å²) in [4.78, 5) is 43.1. The first-order valence-electron chi connectivity index (χ1n) is 1.57. The average molecular weight is 442 g/mol. The van der Waals surface area contributed by atoms with Crippen molar-refractivity contribution in [2.24, 2.45) is 0 Å². The van der Waals surface area contributed by atoms with Gasteiger partial charge in [-0.25, -0.2) is 9.13 Å². The second kappa shape index (κ2) is 30.3. The van der Waals surface area contributed by atoms with Gasteiger partial charge in [-0.2, -0.15) is 0 Å². The molecular formula is H20Ca5O10P2. The van der Waals surface area contributed by atoms with Crippen LogP contribution in [-0.4, -0.2) is 229 Å². The molecule has 0 aliphatic carbocycles. The molecule has 0 fully saturated rings. The van der Waals surface area contributed by atoms with Crippen LogP contribution in [0.1, 0.15) is 0 Å². The molecule has 0 bridgehead atoms. The third-order valence-electron chi connectivity index (χ3n) is 0. The summed E-state index contributed by atoms with van der Waals surface area (Å²) in [5.74, 6) is 0. The van der Waals surface area contributed by atoms with E-state index in [2.05, 4.69) is 0 Å². The van der Waals surface area contributed by atoms with Gasteiger partial charge in [-0.05, 0) is 0 Å². The Balaban J connectivity index is -0.00000000762. The molecule has 0 atom stereocenters. The van der Waals surface area contributed by atoms with E-state index >= 15 is 0 Å². The molecule has 0 saturated carbocycles. The maximum atomic E-state index is 8.88. The molecule has 0 aliphatic rings. The van der Waals surface area contributed by atoms with Crippen molar-refractivity contribution in [3.05, 3.63) is 0 Å². The van der Waals surface area contributed by atoms with E-state index in [0.29, 0.717) is 0 Å². The molecule has 10 N–H and O–H groups in total. The topological polar surface area (TPSA) is 219 Å². The molecule has 17 heavy (non-hydrogen) atoms. The Morgan fingerprint density at radius 3 is 0.471 bits per heavy atom. The van der Waals surface area contributed by atoms with Crippen molar-refractivity contribution in [1.82, 2.24) is 0 Å². The minimum atomic E-state index is -4.64. The third kappa shape index (κ3) is 226. The van der Waals surface area contributed by atoms with Crippen LogP contribution in [0.5, 0.6) is 0 Å². The number of hydrogen-bond donors (Lipinski definition) is 6. The Hall–Kier alpha value is 6.44. The van der Waals surface area contributed by atoms with E-state index in [-0.39, 0.29) is 200 Å². The van der Waals surface area contributed by atoms with Gasteiger partial charge in [0.2, 0.25) is 0 Å². The van der Waals surface area contributed by atoms with Crippen LogP contribution < -0.4 is 0 Å². The zero-order chi connectivity index (χ0) is 9.00. The van der Waals surface area contributed by atoms with E-state index in [1.54, 1.807) is 0 Å². The Morgan fingerprint density at radius 1 is 0.471 bits per heavy atom. The number of phosphoric acid groups is 2. The second-order valence-corrected chi connectivity index (χ2v) is 3.08. The van der Waals surface area contributed by atoms with Gasteiger partial charge in [0.25, 0.3) is 0 Å². The maximum absolute atomic E-state index is 8.88. The van der Waals surface area contributed by atoms with Crippen molar-refractivity contribution >= 4 is 204 Å². The first-order chi connectivity index (χ1) is 4.00. The third-order valence-corrected chi connectivity index (χ3v) is 0. The first-order valence-corrected chi connectivity index (χ1v) is 4.70. The summed E-state index contributed by atoms with van der Waals surface area (Å²) in [5.41, 5.74) is 0. The molecule has 17 heteroatoms. The Labute approximate surface area is 247 Å². The van der Waals surface area contributed by atoms with Crippen molar-refractivity contribution in [2.75, 3.05) is 0 Å². The van der Waals surface area contributed by atoms with E-state index in [1.807, 2.05) is 0 Å². The molecule has 10 nitrogen and oxygen atoms in total. The fraction of sp³-hybridized carbons (Fsp3) is 0. The van der Waals surface area contributed by atoms with Crippen molar-refractivity contribution in [3.63, 3.8) is 0 Å². The predicted octanol–water partition coefficient (Wildman–Crippen LogP) is -8.09. The minimum absolute atomic E-state index is 0. The molecule has 0 saturated heterocycles. The summed E-state index contributed by atoms with van der Waals surface area (Å²) in [7, 11) is -9.28. The average Bonchev–Trinajstić information content (AvgIpc) is 1.12. The molecule has 0 aromatic heterocycles. The van der Waals surface area contributed by atoms with Crippen molar-refractivity contribution in [3.8, 4) is 0 Å². The molecule has 0 heterocycles. The molecule has 0 aliphatic heterocycles. The second-order valence-electron chi connectivity index (χ2n) is 1.03. The van der Waals surface area contributed by atoms with Crippen molar-refractivity contribution in [2.45, 2.75) is 0 Å². The van der Waals surface area contributed by atoms with Gasteiger partial charge < -0.3 is 40.3 Å². The zero-order valence-corrected chi connectivity index (χ0v) is 7.18. The molecule has 0 spiro atoms. The first kappa shape index (κ1) is 56.6. The number of rotatable bonds is 0. The molecule has 0 rings (SSSR count). The molecule has 0 radical (unpaired) electrons. The van der Waals surface area contributed by atoms with Gasteiger partial charge in [0, 0.05) is 0 Å². The van der Waals surface area contributed by atoms with Crippen LogP contribution in [-0.2, 0) is 9.13 Å². The van der Waals surface area contributed by atoms with Crippen LogP contribution in [0.4, 0.5) is 0 Å². The number of hydrogen-bond acceptors (Lipinski definition) is 2. The standard InChI is InChI=1S/5Ca.2H3O4P.2H2O.10H/c;;;;;2*1-5(2,3)4;;;;;;;;;;;;/h;;;;;2*(H3,1,2,3,4);2*1H2;;;;;;;;;;. The summed E-state index contributed by atoms with van der Waals surface area (Å²) < 4.78 is 17.8. The molecule has 100 valence electrons. The predicted molar refractivity (Wildman–Crippen MR) is 78.5 cm³/mol. The van der Waals surface area contributed by atoms with Crippen LogP contribution in [0.3, 0.4) is 0 Å². The van der Waals surface area contributed by atoms with E-state index < -0.39 is 15.6 Å². The summed E-state index contributed by atoms with van der Waals surface area (Å²) in [5, 5.41) is 0. The summed E-state index contributed by atoms with van der Waals surface area (Å²) in [6.45, 7) is 0. The van der Waals surface area contributed by atoms with E-state index in [0.717, 1.165) is 0 Å². The van der Waals surface area contributed by atoms with Crippen LogP contribution in [0, 0.1) is 0 Å². The van der Waals surface area contributed by atoms with Gasteiger partial charge in [-0.3, -0.25) is 0 Å². The van der Waals surface area contributed by atoms with Gasteiger partial charge in [0.1, 0.15) is 0 Å². The van der Waals surface area contributed by atoms with Crippen LogP contribution in [0.15, 0.2) is 0 Å². The van der Waals surface area contributed by atoms with Gasteiger partial charge >= 0.3 is 204 Å². The van der Waals surface area contributed by atoms with E-state index in [4.69, 9.17) is 38.5 Å². The fourth-order valence-electron chi connectivity index (χ4n) is 0. The van der Waals surface area contributed by atoms with E-state index in [9.17, 15) is 0 Å². The van der Waals surface area contributed by atoms with E-state index in [1.165, 1.54) is 0 Å². The Kier molecular flexibility index (Phi) is 101. The van der Waals surface area contributed by atoms with Crippen LogP contribution in [0.2, 0.25) is 0 Å². The monoisotopic (exact) mass is 442 g/mol. The quantitative estimate of drug-likeness (QED) is 0.156. The molecule has 0 amide bonds. The van der Waals surface area contributed by atoms with Crippen molar-refractivity contribution < 1.29 is 49.4 Å². The molecular weight excluding hydrogens is 422 g/mol. The van der Waals surface area contributed by atoms with Crippen LogP contribution >= 0.6 is 15.6 Å². The summed E-state index contributed by atoms with van der Waals surface area (Å²) in [6, 6.07) is 0. The van der Waals surface area contributed by atoms with Gasteiger partial charge in [0.05, 0.1) is 0 Å². The summed E-state index contributed by atoms with van der Waals surface area (Å²) >= 11 is 0. The Bertz CT molecular complexity index is 135. The fourth-order valence-corrected chi connectivity index (χ4v) is 0. The molecule has 0 aromatic carbocycles. The molecule has 0 aromatic rings. The van der Waals surface area contributed by atoms with Crippen LogP contribution in [0.25, 0.3) is 0 Å². The zero-order valence-electron chi connectivity index (χ0n) is 5.39. The SMILES string of the molecule is O.O.O=P(O)(O)O.O=P(O)(O)O.[CaH2].[CaH2].[CaH2].[CaH2].[CaH2]. The van der Waals surface area contributed by atoms with Gasteiger partial charge in [-0.15, -0.1) is 0 Å². The van der Waals surface area contributed by atoms with Gasteiger partial charge in [-0.1, -0.05) is 0 Å². The Morgan fingerprint density at radius 2 is 0.471 bits per heavy atom. The van der Waals surface area contributed by atoms with Crippen molar-refractivity contribution in [1.29, 1.82) is 0 Å². The summed E-state index contributed by atoms with van der Waals surface area (Å²) in [6.07, 6.45) is 0.